The summed E-state index contributed by atoms with van der Waals surface area (Å²) in [4.78, 5) is 4.36. The molecule has 0 aromatic heterocycles. The molecule has 0 spiro atoms. The zero-order chi connectivity index (χ0) is 10.8. The molecule has 0 saturated heterocycles. The summed E-state index contributed by atoms with van der Waals surface area (Å²) in [6.45, 7) is 1.79. The zero-order valence-corrected chi connectivity index (χ0v) is 9.80. The molecule has 16 heavy (non-hydrogen) atoms. The van der Waals surface area contributed by atoms with Gasteiger partial charge in [0.1, 0.15) is 11.9 Å². The molecule has 1 N–H and O–H groups in total. The van der Waals surface area contributed by atoms with Gasteiger partial charge in [-0.2, -0.15) is 0 Å². The Kier molecular flexibility index (Phi) is 2.74. The Morgan fingerprint density at radius 2 is 2.38 bits per heavy atom. The quantitative estimate of drug-likeness (QED) is 0.845. The van der Waals surface area contributed by atoms with E-state index in [1.807, 2.05) is 12.1 Å². The van der Waals surface area contributed by atoms with E-state index in [0.717, 1.165) is 36.2 Å². The lowest BCUT2D eigenvalue weighted by Crippen LogP contribution is -2.32. The van der Waals surface area contributed by atoms with Crippen LogP contribution in [0.5, 0.6) is 5.75 Å². The van der Waals surface area contributed by atoms with Gasteiger partial charge in [-0.3, -0.25) is 4.99 Å². The molecular formula is C12H14N2OS. The molecule has 0 amide bonds. The van der Waals surface area contributed by atoms with Gasteiger partial charge in [0, 0.05) is 12.2 Å². The Morgan fingerprint density at radius 3 is 3.19 bits per heavy atom. The van der Waals surface area contributed by atoms with Gasteiger partial charge in [-0.25, -0.2) is 0 Å². The topological polar surface area (TPSA) is 33.6 Å². The standard InChI is InChI=1S/C12H14N2OS/c1-2-4-11-9(3-1)7-10(15-11)8-14-12-13-5-6-16-12/h1-4,10H,5-8H2,(H,13,14). The highest BCUT2D eigenvalue weighted by atomic mass is 32.2. The third-order valence-corrected chi connectivity index (χ3v) is 3.71. The molecule has 0 radical (unpaired) electrons. The minimum Gasteiger partial charge on any atom is -0.488 e. The van der Waals surface area contributed by atoms with Crippen molar-refractivity contribution in [1.29, 1.82) is 0 Å². The van der Waals surface area contributed by atoms with Crippen molar-refractivity contribution < 1.29 is 4.74 Å². The number of thioether (sulfide) groups is 1. The third kappa shape index (κ3) is 2.02. The molecule has 2 heterocycles. The fourth-order valence-corrected chi connectivity index (χ4v) is 2.75. The first kappa shape index (κ1) is 10.0. The van der Waals surface area contributed by atoms with E-state index in [9.17, 15) is 0 Å². The Hall–Kier alpha value is -1.16. The molecule has 0 bridgehead atoms. The van der Waals surface area contributed by atoms with E-state index in [2.05, 4.69) is 22.4 Å². The summed E-state index contributed by atoms with van der Waals surface area (Å²) >= 11 is 1.79. The number of hydrogen-bond donors (Lipinski definition) is 1. The van der Waals surface area contributed by atoms with Crippen LogP contribution in [0.15, 0.2) is 29.3 Å². The van der Waals surface area contributed by atoms with Crippen LogP contribution in [-0.4, -0.2) is 30.1 Å². The van der Waals surface area contributed by atoms with Gasteiger partial charge in [0.05, 0.1) is 13.1 Å². The first-order valence-electron chi connectivity index (χ1n) is 5.57. The number of nitrogens with one attached hydrogen (secondary N) is 1. The maximum Gasteiger partial charge on any atom is 0.156 e. The summed E-state index contributed by atoms with van der Waals surface area (Å²) in [6.07, 6.45) is 1.25. The number of rotatable bonds is 2. The van der Waals surface area contributed by atoms with Crippen LogP contribution in [0.4, 0.5) is 0 Å². The molecule has 0 saturated carbocycles. The Morgan fingerprint density at radius 1 is 1.44 bits per heavy atom. The fourth-order valence-electron chi connectivity index (χ4n) is 2.01. The van der Waals surface area contributed by atoms with Crippen LogP contribution in [-0.2, 0) is 6.42 Å². The van der Waals surface area contributed by atoms with Crippen molar-refractivity contribution >= 4 is 16.9 Å². The molecule has 4 heteroatoms. The van der Waals surface area contributed by atoms with Crippen LogP contribution in [0, 0.1) is 0 Å². The van der Waals surface area contributed by atoms with Crippen LogP contribution >= 0.6 is 11.8 Å². The highest BCUT2D eigenvalue weighted by Crippen LogP contribution is 2.27. The molecule has 2 aliphatic heterocycles. The predicted octanol–water partition coefficient (Wildman–Crippen LogP) is 1.68. The van der Waals surface area contributed by atoms with Gasteiger partial charge in [0.25, 0.3) is 0 Å². The SMILES string of the molecule is c1ccc2c(c1)CC(CNC1=NCCS1)O2. The first-order chi connectivity index (χ1) is 7.92. The number of benzene rings is 1. The summed E-state index contributed by atoms with van der Waals surface area (Å²) in [6, 6.07) is 8.26. The second-order valence-corrected chi connectivity index (χ2v) is 5.05. The molecule has 1 unspecified atom stereocenters. The number of aliphatic imine (C=N–C) groups is 1. The smallest absolute Gasteiger partial charge is 0.156 e. The Balaban J connectivity index is 1.56. The molecule has 2 aliphatic rings. The second-order valence-electron chi connectivity index (χ2n) is 3.97. The first-order valence-corrected chi connectivity index (χ1v) is 6.56. The largest absolute Gasteiger partial charge is 0.488 e. The number of ether oxygens (including phenoxy) is 1. The van der Waals surface area contributed by atoms with Crippen LogP contribution < -0.4 is 10.1 Å². The molecular weight excluding hydrogens is 220 g/mol. The lowest BCUT2D eigenvalue weighted by Gasteiger charge is -2.11. The van der Waals surface area contributed by atoms with E-state index < -0.39 is 0 Å². The normalized spacial score (nSPS) is 22.5. The number of nitrogens with zero attached hydrogens (tertiary/aromatic N) is 1. The van der Waals surface area contributed by atoms with Crippen LogP contribution in [0.1, 0.15) is 5.56 Å². The average Bonchev–Trinajstić information content (AvgIpc) is 2.95. The van der Waals surface area contributed by atoms with Crippen molar-refractivity contribution in [2.75, 3.05) is 18.8 Å². The predicted molar refractivity (Wildman–Crippen MR) is 67.3 cm³/mol. The van der Waals surface area contributed by atoms with Crippen molar-refractivity contribution in [2.45, 2.75) is 12.5 Å². The summed E-state index contributed by atoms with van der Waals surface area (Å²) in [5.74, 6) is 2.14. The summed E-state index contributed by atoms with van der Waals surface area (Å²) < 4.78 is 5.84. The van der Waals surface area contributed by atoms with Crippen LogP contribution in [0.2, 0.25) is 0 Å². The lowest BCUT2D eigenvalue weighted by atomic mass is 10.1. The van der Waals surface area contributed by atoms with Crippen LogP contribution in [0.25, 0.3) is 0 Å². The Labute approximate surface area is 99.3 Å². The molecule has 1 aromatic rings. The van der Waals surface area contributed by atoms with E-state index in [4.69, 9.17) is 4.74 Å². The number of amidine groups is 1. The van der Waals surface area contributed by atoms with E-state index >= 15 is 0 Å². The molecule has 3 rings (SSSR count). The second kappa shape index (κ2) is 4.37. The highest BCUT2D eigenvalue weighted by Gasteiger charge is 2.22. The van der Waals surface area contributed by atoms with Gasteiger partial charge >= 0.3 is 0 Å². The monoisotopic (exact) mass is 234 g/mol. The molecule has 1 aromatic carbocycles. The van der Waals surface area contributed by atoms with Gasteiger partial charge < -0.3 is 10.1 Å². The van der Waals surface area contributed by atoms with Crippen molar-refractivity contribution in [3.63, 3.8) is 0 Å². The summed E-state index contributed by atoms with van der Waals surface area (Å²) in [5, 5.41) is 4.42. The number of hydrogen-bond acceptors (Lipinski definition) is 4. The van der Waals surface area contributed by atoms with E-state index in [-0.39, 0.29) is 6.10 Å². The lowest BCUT2D eigenvalue weighted by molar-refractivity contribution is 0.235. The zero-order valence-electron chi connectivity index (χ0n) is 8.98. The van der Waals surface area contributed by atoms with Crippen molar-refractivity contribution in [1.82, 2.24) is 5.32 Å². The Bertz CT molecular complexity index is 394. The molecule has 0 fully saturated rings. The van der Waals surface area contributed by atoms with E-state index in [1.165, 1.54) is 5.56 Å². The maximum atomic E-state index is 5.84. The van der Waals surface area contributed by atoms with Crippen molar-refractivity contribution in [3.05, 3.63) is 29.8 Å². The average molecular weight is 234 g/mol. The minimum atomic E-state index is 0.251. The maximum absolute atomic E-state index is 5.84. The summed E-state index contributed by atoms with van der Waals surface area (Å²) in [5.41, 5.74) is 1.32. The van der Waals surface area contributed by atoms with Gasteiger partial charge in [-0.15, -0.1) is 0 Å². The van der Waals surface area contributed by atoms with Gasteiger partial charge in [-0.1, -0.05) is 30.0 Å². The fraction of sp³-hybridized carbons (Fsp3) is 0.417. The molecule has 0 aliphatic carbocycles. The van der Waals surface area contributed by atoms with Gasteiger partial charge in [0.15, 0.2) is 5.17 Å². The molecule has 84 valence electrons. The van der Waals surface area contributed by atoms with Gasteiger partial charge in [0.2, 0.25) is 0 Å². The molecule has 3 nitrogen and oxygen atoms in total. The minimum absolute atomic E-state index is 0.251. The highest BCUT2D eigenvalue weighted by molar-refractivity contribution is 8.14. The van der Waals surface area contributed by atoms with Crippen molar-refractivity contribution in [3.8, 4) is 5.75 Å². The van der Waals surface area contributed by atoms with E-state index in [0.29, 0.717) is 0 Å². The summed E-state index contributed by atoms with van der Waals surface area (Å²) in [7, 11) is 0. The number of fused-ring (bicyclic) bond motifs is 1. The number of para-hydroxylation sites is 1. The van der Waals surface area contributed by atoms with Crippen molar-refractivity contribution in [2.24, 2.45) is 4.99 Å². The molecule has 1 atom stereocenters. The van der Waals surface area contributed by atoms with Crippen LogP contribution in [0.3, 0.4) is 0 Å². The third-order valence-electron chi connectivity index (χ3n) is 2.78. The van der Waals surface area contributed by atoms with Gasteiger partial charge in [-0.05, 0) is 11.6 Å². The van der Waals surface area contributed by atoms with E-state index in [1.54, 1.807) is 11.8 Å².